The van der Waals surface area contributed by atoms with Gasteiger partial charge in [-0.05, 0) is 43.5 Å². The van der Waals surface area contributed by atoms with Crippen molar-refractivity contribution in [2.45, 2.75) is 25.3 Å². The van der Waals surface area contributed by atoms with Crippen LogP contribution in [-0.2, 0) is 0 Å². The standard InChI is InChI=1S/C15H16N2O/c16-13-5-3-12(9-13)15(18)11-4-6-14-10(8-11)2-1-7-17-14/h1-2,4,6-8,12-13H,3,5,9,16H2. The van der Waals surface area contributed by atoms with Gasteiger partial charge in [0.25, 0.3) is 0 Å². The van der Waals surface area contributed by atoms with E-state index < -0.39 is 0 Å². The molecule has 0 saturated heterocycles. The maximum atomic E-state index is 12.4. The molecule has 0 spiro atoms. The number of benzene rings is 1. The molecule has 0 bridgehead atoms. The molecule has 18 heavy (non-hydrogen) atoms. The highest BCUT2D eigenvalue weighted by atomic mass is 16.1. The Morgan fingerprint density at radius 1 is 1.28 bits per heavy atom. The molecule has 1 aliphatic rings. The number of aromatic nitrogens is 1. The Kier molecular flexibility index (Phi) is 2.84. The summed E-state index contributed by atoms with van der Waals surface area (Å²) in [5.41, 5.74) is 7.58. The number of ketones is 1. The number of hydrogen-bond acceptors (Lipinski definition) is 3. The third kappa shape index (κ3) is 2.02. The second kappa shape index (κ2) is 4.50. The Bertz CT molecular complexity index is 594. The van der Waals surface area contributed by atoms with Crippen molar-refractivity contribution in [1.29, 1.82) is 0 Å². The molecule has 1 aromatic carbocycles. The molecule has 0 aliphatic heterocycles. The van der Waals surface area contributed by atoms with Crippen LogP contribution in [0, 0.1) is 5.92 Å². The van der Waals surface area contributed by atoms with Crippen molar-refractivity contribution in [1.82, 2.24) is 4.98 Å². The van der Waals surface area contributed by atoms with Crippen LogP contribution in [0.1, 0.15) is 29.6 Å². The van der Waals surface area contributed by atoms with Crippen LogP contribution in [-0.4, -0.2) is 16.8 Å². The molecule has 2 atom stereocenters. The topological polar surface area (TPSA) is 56.0 Å². The fraction of sp³-hybridized carbons (Fsp3) is 0.333. The number of fused-ring (bicyclic) bond motifs is 1. The normalized spacial score (nSPS) is 23.4. The van der Waals surface area contributed by atoms with E-state index in [2.05, 4.69) is 4.98 Å². The van der Waals surface area contributed by atoms with Crippen LogP contribution >= 0.6 is 0 Å². The highest BCUT2D eigenvalue weighted by molar-refractivity contribution is 6.00. The van der Waals surface area contributed by atoms with Gasteiger partial charge in [0.2, 0.25) is 0 Å². The molecule has 1 aliphatic carbocycles. The lowest BCUT2D eigenvalue weighted by atomic mass is 9.95. The SMILES string of the molecule is NC1CCC(C(=O)c2ccc3ncccc3c2)C1. The van der Waals surface area contributed by atoms with Crippen molar-refractivity contribution in [2.75, 3.05) is 0 Å². The van der Waals surface area contributed by atoms with Gasteiger partial charge >= 0.3 is 0 Å². The van der Waals surface area contributed by atoms with Crippen LogP contribution in [0.25, 0.3) is 10.9 Å². The van der Waals surface area contributed by atoms with Gasteiger partial charge in [0, 0.05) is 29.1 Å². The summed E-state index contributed by atoms with van der Waals surface area (Å²) in [7, 11) is 0. The van der Waals surface area contributed by atoms with Crippen LogP contribution in [0.2, 0.25) is 0 Å². The molecule has 2 unspecified atom stereocenters. The van der Waals surface area contributed by atoms with Gasteiger partial charge in [-0.25, -0.2) is 0 Å². The number of pyridine rings is 1. The van der Waals surface area contributed by atoms with Crippen molar-refractivity contribution in [3.8, 4) is 0 Å². The Balaban J connectivity index is 1.92. The van der Waals surface area contributed by atoms with Crippen LogP contribution < -0.4 is 5.73 Å². The predicted octanol–water partition coefficient (Wildman–Crippen LogP) is 2.54. The van der Waals surface area contributed by atoms with Crippen LogP contribution in [0.15, 0.2) is 36.5 Å². The molecule has 2 aromatic rings. The molecule has 1 aromatic heterocycles. The Morgan fingerprint density at radius 3 is 2.94 bits per heavy atom. The molecule has 3 nitrogen and oxygen atoms in total. The Labute approximate surface area is 106 Å². The zero-order chi connectivity index (χ0) is 12.5. The zero-order valence-electron chi connectivity index (χ0n) is 10.2. The van der Waals surface area contributed by atoms with Crippen LogP contribution in [0.3, 0.4) is 0 Å². The lowest BCUT2D eigenvalue weighted by Gasteiger charge is -2.09. The Morgan fingerprint density at radius 2 is 2.17 bits per heavy atom. The molecule has 1 heterocycles. The minimum absolute atomic E-state index is 0.106. The van der Waals surface area contributed by atoms with Crippen LogP contribution in [0.5, 0.6) is 0 Å². The van der Waals surface area contributed by atoms with E-state index in [1.54, 1.807) is 6.20 Å². The zero-order valence-corrected chi connectivity index (χ0v) is 10.2. The maximum absolute atomic E-state index is 12.4. The highest BCUT2D eigenvalue weighted by Gasteiger charge is 2.28. The minimum atomic E-state index is 0.106. The minimum Gasteiger partial charge on any atom is -0.328 e. The van der Waals surface area contributed by atoms with E-state index in [0.29, 0.717) is 0 Å². The summed E-state index contributed by atoms with van der Waals surface area (Å²) in [6.07, 6.45) is 4.47. The summed E-state index contributed by atoms with van der Waals surface area (Å²) < 4.78 is 0. The van der Waals surface area contributed by atoms with E-state index in [-0.39, 0.29) is 17.7 Å². The molecule has 3 rings (SSSR count). The summed E-state index contributed by atoms with van der Waals surface area (Å²) in [4.78, 5) is 16.6. The molecule has 1 fully saturated rings. The summed E-state index contributed by atoms with van der Waals surface area (Å²) in [5.74, 6) is 0.336. The van der Waals surface area contributed by atoms with Gasteiger partial charge in [-0.1, -0.05) is 6.07 Å². The van der Waals surface area contributed by atoms with E-state index in [1.165, 1.54) is 0 Å². The summed E-state index contributed by atoms with van der Waals surface area (Å²) >= 11 is 0. The number of carbonyl (C=O) groups is 1. The van der Waals surface area contributed by atoms with Crippen molar-refractivity contribution in [3.63, 3.8) is 0 Å². The fourth-order valence-electron chi connectivity index (χ4n) is 2.72. The number of Topliss-reactive ketones (excluding diaryl/α,β-unsaturated/α-hetero) is 1. The number of nitrogens with two attached hydrogens (primary N) is 1. The van der Waals surface area contributed by atoms with Gasteiger partial charge in [0.15, 0.2) is 5.78 Å². The third-order valence-corrected chi connectivity index (χ3v) is 3.73. The summed E-state index contributed by atoms with van der Waals surface area (Å²) in [6, 6.07) is 9.80. The third-order valence-electron chi connectivity index (χ3n) is 3.73. The lowest BCUT2D eigenvalue weighted by Crippen LogP contribution is -2.18. The van der Waals surface area contributed by atoms with E-state index in [1.807, 2.05) is 30.3 Å². The lowest BCUT2D eigenvalue weighted by molar-refractivity contribution is 0.0922. The average Bonchev–Trinajstić information content (AvgIpc) is 2.84. The first-order valence-corrected chi connectivity index (χ1v) is 6.38. The summed E-state index contributed by atoms with van der Waals surface area (Å²) in [6.45, 7) is 0. The maximum Gasteiger partial charge on any atom is 0.166 e. The largest absolute Gasteiger partial charge is 0.328 e. The molecule has 2 N–H and O–H groups in total. The monoisotopic (exact) mass is 240 g/mol. The molecule has 92 valence electrons. The first-order chi connectivity index (χ1) is 8.74. The first kappa shape index (κ1) is 11.4. The average molecular weight is 240 g/mol. The quantitative estimate of drug-likeness (QED) is 0.821. The predicted molar refractivity (Wildman–Crippen MR) is 71.4 cm³/mol. The van der Waals surface area contributed by atoms with Gasteiger partial charge in [0.1, 0.15) is 0 Å². The van der Waals surface area contributed by atoms with Crippen molar-refractivity contribution in [2.24, 2.45) is 11.7 Å². The first-order valence-electron chi connectivity index (χ1n) is 6.38. The van der Waals surface area contributed by atoms with Gasteiger partial charge in [-0.3, -0.25) is 9.78 Å². The van der Waals surface area contributed by atoms with E-state index >= 15 is 0 Å². The van der Waals surface area contributed by atoms with Gasteiger partial charge in [-0.15, -0.1) is 0 Å². The smallest absolute Gasteiger partial charge is 0.166 e. The van der Waals surface area contributed by atoms with Gasteiger partial charge in [-0.2, -0.15) is 0 Å². The second-order valence-corrected chi connectivity index (χ2v) is 5.05. The van der Waals surface area contributed by atoms with E-state index in [4.69, 9.17) is 5.73 Å². The van der Waals surface area contributed by atoms with Crippen LogP contribution in [0.4, 0.5) is 0 Å². The number of hydrogen-bond donors (Lipinski definition) is 1. The molecule has 0 amide bonds. The summed E-state index contributed by atoms with van der Waals surface area (Å²) in [5, 5.41) is 1.02. The van der Waals surface area contributed by atoms with Gasteiger partial charge in [0.05, 0.1) is 5.52 Å². The van der Waals surface area contributed by atoms with Crippen molar-refractivity contribution < 1.29 is 4.79 Å². The molecule has 3 heteroatoms. The number of nitrogens with zero attached hydrogens (tertiary/aromatic N) is 1. The van der Waals surface area contributed by atoms with Crippen molar-refractivity contribution in [3.05, 3.63) is 42.1 Å². The molecular formula is C15H16N2O. The van der Waals surface area contributed by atoms with E-state index in [9.17, 15) is 4.79 Å². The van der Waals surface area contributed by atoms with E-state index in [0.717, 1.165) is 35.7 Å². The highest BCUT2D eigenvalue weighted by Crippen LogP contribution is 2.28. The van der Waals surface area contributed by atoms with Gasteiger partial charge < -0.3 is 5.73 Å². The number of carbonyl (C=O) groups excluding carboxylic acids is 1. The Hall–Kier alpha value is -1.74. The number of rotatable bonds is 2. The molecule has 1 saturated carbocycles. The van der Waals surface area contributed by atoms with Crippen molar-refractivity contribution >= 4 is 16.7 Å². The molecule has 0 radical (unpaired) electrons. The fourth-order valence-corrected chi connectivity index (χ4v) is 2.72. The molecular weight excluding hydrogens is 224 g/mol. The second-order valence-electron chi connectivity index (χ2n) is 5.05.